The molecule has 2 atom stereocenters. The Balaban J connectivity index is 2.68. The van der Waals surface area contributed by atoms with Gasteiger partial charge in [-0.15, -0.1) is 0 Å². The molecule has 4 nitrogen and oxygen atoms in total. The summed E-state index contributed by atoms with van der Waals surface area (Å²) in [5.74, 6) is -0.467. The predicted molar refractivity (Wildman–Crippen MR) is 36.6 cm³/mol. The minimum atomic E-state index is -0.602. The zero-order valence-corrected chi connectivity index (χ0v) is 6.00. The van der Waals surface area contributed by atoms with Crippen LogP contribution < -0.4 is 5.73 Å². The highest BCUT2D eigenvalue weighted by Gasteiger charge is 2.27. The van der Waals surface area contributed by atoms with Crippen molar-refractivity contribution < 1.29 is 9.53 Å². The molecule has 1 aliphatic rings. The Morgan fingerprint density at radius 2 is 2.40 bits per heavy atom. The summed E-state index contributed by atoms with van der Waals surface area (Å²) in [7, 11) is 0. The van der Waals surface area contributed by atoms with Crippen LogP contribution in [0.5, 0.6) is 0 Å². The highest BCUT2D eigenvalue weighted by atomic mass is 16.5. The maximum atomic E-state index is 10.6. The molecule has 1 aliphatic heterocycles. The van der Waals surface area contributed by atoms with Crippen molar-refractivity contribution in [3.8, 4) is 0 Å². The number of carbonyl (C=O) groups is 1. The first kappa shape index (κ1) is 7.21. The van der Waals surface area contributed by atoms with E-state index in [1.165, 1.54) is 0 Å². The molecular weight excluding hydrogens is 132 g/mol. The number of primary amides is 1. The van der Waals surface area contributed by atoms with Crippen LogP contribution >= 0.6 is 0 Å². The molecule has 0 spiro atoms. The molecule has 2 N–H and O–H groups in total. The molecule has 0 fully saturated rings. The normalized spacial score (nSPS) is 32.0. The van der Waals surface area contributed by atoms with Crippen molar-refractivity contribution in [2.24, 2.45) is 10.7 Å². The lowest BCUT2D eigenvalue weighted by Gasteiger charge is -2.05. The van der Waals surface area contributed by atoms with Crippen molar-refractivity contribution >= 4 is 11.6 Å². The van der Waals surface area contributed by atoms with Gasteiger partial charge in [-0.3, -0.25) is 9.79 Å². The molecule has 2 unspecified atom stereocenters. The fraction of sp³-hybridized carbons (Fsp3) is 0.667. The zero-order chi connectivity index (χ0) is 7.72. The Hall–Kier alpha value is -0.900. The van der Waals surface area contributed by atoms with E-state index in [2.05, 4.69) is 4.99 Å². The van der Waals surface area contributed by atoms with Gasteiger partial charge in [0.05, 0.1) is 5.71 Å². The fourth-order valence-electron chi connectivity index (χ4n) is 0.953. The maximum Gasteiger partial charge on any atom is 0.252 e. The molecule has 0 aliphatic carbocycles. The molecule has 0 saturated carbocycles. The molecule has 0 aromatic carbocycles. The minimum Gasteiger partial charge on any atom is -0.367 e. The summed E-state index contributed by atoms with van der Waals surface area (Å²) >= 11 is 0. The van der Waals surface area contributed by atoms with Crippen LogP contribution in [0.1, 0.15) is 13.8 Å². The van der Waals surface area contributed by atoms with Crippen LogP contribution in [0.2, 0.25) is 0 Å². The van der Waals surface area contributed by atoms with Crippen molar-refractivity contribution in [2.45, 2.75) is 26.2 Å². The molecule has 0 saturated heterocycles. The summed E-state index contributed by atoms with van der Waals surface area (Å²) in [6.45, 7) is 3.51. The van der Waals surface area contributed by atoms with Crippen LogP contribution in [-0.2, 0) is 9.53 Å². The molecule has 0 radical (unpaired) electrons. The Kier molecular flexibility index (Phi) is 1.72. The first-order chi connectivity index (χ1) is 4.61. The maximum absolute atomic E-state index is 10.6. The molecule has 1 amide bonds. The number of hydrogen-bond donors (Lipinski definition) is 1. The van der Waals surface area contributed by atoms with Crippen molar-refractivity contribution in [1.82, 2.24) is 0 Å². The number of hydrogen-bond acceptors (Lipinski definition) is 3. The summed E-state index contributed by atoms with van der Waals surface area (Å²) in [6.07, 6.45) is -0.826. The summed E-state index contributed by atoms with van der Waals surface area (Å²) in [4.78, 5) is 14.6. The van der Waals surface area contributed by atoms with Crippen LogP contribution in [0.15, 0.2) is 4.99 Å². The summed E-state index contributed by atoms with van der Waals surface area (Å²) in [6, 6.07) is 0. The average Bonchev–Trinajstić information content (AvgIpc) is 2.10. The van der Waals surface area contributed by atoms with E-state index in [0.717, 1.165) is 0 Å². The third-order valence-corrected chi connectivity index (χ3v) is 1.36. The number of carbonyl (C=O) groups excluding carboxylic acids is 1. The molecule has 1 heterocycles. The van der Waals surface area contributed by atoms with E-state index in [0.29, 0.717) is 5.71 Å². The molecule has 4 heteroatoms. The van der Waals surface area contributed by atoms with Gasteiger partial charge in [0.1, 0.15) is 6.23 Å². The van der Waals surface area contributed by atoms with Crippen LogP contribution in [-0.4, -0.2) is 24.0 Å². The first-order valence-corrected chi connectivity index (χ1v) is 3.10. The summed E-state index contributed by atoms with van der Waals surface area (Å²) in [5, 5.41) is 0. The number of ether oxygens (including phenoxy) is 1. The smallest absolute Gasteiger partial charge is 0.252 e. The van der Waals surface area contributed by atoms with E-state index in [-0.39, 0.29) is 6.23 Å². The van der Waals surface area contributed by atoms with Gasteiger partial charge in [-0.25, -0.2) is 0 Å². The molecule has 0 aromatic heterocycles. The lowest BCUT2D eigenvalue weighted by molar-refractivity contribution is -0.126. The minimum absolute atomic E-state index is 0.225. The predicted octanol–water partition coefficient (Wildman–Crippen LogP) is -0.323. The second-order valence-corrected chi connectivity index (χ2v) is 2.29. The Morgan fingerprint density at radius 1 is 1.80 bits per heavy atom. The van der Waals surface area contributed by atoms with Gasteiger partial charge in [0.2, 0.25) is 0 Å². The number of rotatable bonds is 1. The average molecular weight is 142 g/mol. The van der Waals surface area contributed by atoms with Crippen LogP contribution in [0.3, 0.4) is 0 Å². The van der Waals surface area contributed by atoms with Crippen molar-refractivity contribution in [1.29, 1.82) is 0 Å². The van der Waals surface area contributed by atoms with Crippen LogP contribution in [0.25, 0.3) is 0 Å². The van der Waals surface area contributed by atoms with Gasteiger partial charge in [0.25, 0.3) is 5.91 Å². The highest BCUT2D eigenvalue weighted by Crippen LogP contribution is 2.10. The van der Waals surface area contributed by atoms with Crippen molar-refractivity contribution in [3.05, 3.63) is 0 Å². The topological polar surface area (TPSA) is 64.7 Å². The molecule has 56 valence electrons. The van der Waals surface area contributed by atoms with Crippen molar-refractivity contribution in [3.63, 3.8) is 0 Å². The van der Waals surface area contributed by atoms with Crippen LogP contribution in [0.4, 0.5) is 0 Å². The summed E-state index contributed by atoms with van der Waals surface area (Å²) < 4.78 is 5.06. The Morgan fingerprint density at radius 3 is 2.60 bits per heavy atom. The van der Waals surface area contributed by atoms with E-state index in [9.17, 15) is 4.79 Å². The summed E-state index contributed by atoms with van der Waals surface area (Å²) in [5.41, 5.74) is 5.67. The number of nitrogens with two attached hydrogens (primary N) is 1. The van der Waals surface area contributed by atoms with Gasteiger partial charge in [-0.05, 0) is 13.8 Å². The molecular formula is C6H10N2O2. The van der Waals surface area contributed by atoms with Gasteiger partial charge >= 0.3 is 0 Å². The number of nitrogens with zero attached hydrogens (tertiary/aromatic N) is 1. The van der Waals surface area contributed by atoms with E-state index in [1.54, 1.807) is 13.8 Å². The highest BCUT2D eigenvalue weighted by molar-refractivity contribution is 6.06. The Bertz CT molecular complexity index is 188. The lowest BCUT2D eigenvalue weighted by atomic mass is 10.2. The van der Waals surface area contributed by atoms with Gasteiger partial charge in [0.15, 0.2) is 6.10 Å². The van der Waals surface area contributed by atoms with Gasteiger partial charge in [-0.2, -0.15) is 0 Å². The molecule has 0 bridgehead atoms. The SMILES string of the molecule is CC1=NC(C)OC1C(N)=O. The second-order valence-electron chi connectivity index (χ2n) is 2.29. The number of amides is 1. The van der Waals surface area contributed by atoms with E-state index >= 15 is 0 Å². The third kappa shape index (κ3) is 1.16. The fourth-order valence-corrected chi connectivity index (χ4v) is 0.953. The van der Waals surface area contributed by atoms with Crippen LogP contribution in [0, 0.1) is 0 Å². The lowest BCUT2D eigenvalue weighted by Crippen LogP contribution is -2.34. The monoisotopic (exact) mass is 142 g/mol. The van der Waals surface area contributed by atoms with E-state index in [4.69, 9.17) is 10.5 Å². The quantitative estimate of drug-likeness (QED) is 0.545. The van der Waals surface area contributed by atoms with E-state index < -0.39 is 12.0 Å². The Labute approximate surface area is 59.1 Å². The number of aliphatic imine (C=N–C) groups is 1. The van der Waals surface area contributed by atoms with Gasteiger partial charge in [-0.1, -0.05) is 0 Å². The standard InChI is InChI=1S/C6H10N2O2/c1-3-5(6(7)9)10-4(2)8-3/h4-5H,1-2H3,(H2,7,9). The molecule has 0 aromatic rings. The van der Waals surface area contributed by atoms with Gasteiger partial charge in [0, 0.05) is 0 Å². The largest absolute Gasteiger partial charge is 0.367 e. The molecule has 1 rings (SSSR count). The zero-order valence-electron chi connectivity index (χ0n) is 6.00. The second kappa shape index (κ2) is 2.38. The molecule has 10 heavy (non-hydrogen) atoms. The first-order valence-electron chi connectivity index (χ1n) is 3.10. The third-order valence-electron chi connectivity index (χ3n) is 1.36. The van der Waals surface area contributed by atoms with Gasteiger partial charge < -0.3 is 10.5 Å². The van der Waals surface area contributed by atoms with E-state index in [1.807, 2.05) is 0 Å². The van der Waals surface area contributed by atoms with Crippen molar-refractivity contribution in [2.75, 3.05) is 0 Å².